The predicted octanol–water partition coefficient (Wildman–Crippen LogP) is 3.32. The monoisotopic (exact) mass is 500 g/mol. The van der Waals surface area contributed by atoms with E-state index >= 15 is 0 Å². The number of hydrogen-bond donors (Lipinski definition) is 2. The predicted molar refractivity (Wildman–Crippen MR) is 120 cm³/mol. The first kappa shape index (κ1) is 22.3. The summed E-state index contributed by atoms with van der Waals surface area (Å²) < 4.78 is 16.5. The molecular formula is C20H29IN4O3. The molecule has 2 aromatic rings. The fourth-order valence-electron chi connectivity index (χ4n) is 3.02. The van der Waals surface area contributed by atoms with Crippen LogP contribution in [0.4, 0.5) is 0 Å². The van der Waals surface area contributed by atoms with Crippen molar-refractivity contribution in [1.29, 1.82) is 0 Å². The maximum atomic E-state index is 5.71. The Morgan fingerprint density at radius 3 is 2.50 bits per heavy atom. The molecule has 7 nitrogen and oxygen atoms in total. The first-order valence-corrected chi connectivity index (χ1v) is 9.17. The summed E-state index contributed by atoms with van der Waals surface area (Å²) in [5, 5.41) is 10.7. The molecule has 1 aromatic carbocycles. The minimum atomic E-state index is -0.115. The van der Waals surface area contributed by atoms with Crippen molar-refractivity contribution in [2.24, 2.45) is 4.99 Å². The molecule has 0 unspecified atom stereocenters. The van der Waals surface area contributed by atoms with Gasteiger partial charge in [0.25, 0.3) is 0 Å². The molecule has 2 N–H and O–H groups in total. The van der Waals surface area contributed by atoms with Crippen LogP contribution in [0.3, 0.4) is 0 Å². The molecule has 0 saturated carbocycles. The second kappa shape index (κ2) is 9.49. The molecule has 28 heavy (non-hydrogen) atoms. The number of fused-ring (bicyclic) bond motifs is 1. The summed E-state index contributed by atoms with van der Waals surface area (Å²) >= 11 is 0. The van der Waals surface area contributed by atoms with Crippen LogP contribution in [-0.4, -0.2) is 37.9 Å². The number of aromatic nitrogens is 1. The topological polar surface area (TPSA) is 80.9 Å². The van der Waals surface area contributed by atoms with Gasteiger partial charge in [0.1, 0.15) is 19.0 Å². The minimum Gasteiger partial charge on any atom is -0.486 e. The Morgan fingerprint density at radius 1 is 1.14 bits per heavy atom. The van der Waals surface area contributed by atoms with Crippen molar-refractivity contribution in [3.8, 4) is 11.5 Å². The number of halogens is 1. The zero-order valence-electron chi connectivity index (χ0n) is 17.1. The summed E-state index contributed by atoms with van der Waals surface area (Å²) in [5.74, 6) is 3.19. The fraction of sp³-hybridized carbons (Fsp3) is 0.500. The summed E-state index contributed by atoms with van der Waals surface area (Å²) in [6.07, 6.45) is 0. The van der Waals surface area contributed by atoms with Crippen molar-refractivity contribution in [2.45, 2.75) is 39.7 Å². The van der Waals surface area contributed by atoms with Gasteiger partial charge in [-0.3, -0.25) is 4.99 Å². The molecule has 0 amide bonds. The van der Waals surface area contributed by atoms with Crippen LogP contribution in [0.5, 0.6) is 11.5 Å². The number of benzene rings is 1. The van der Waals surface area contributed by atoms with Gasteiger partial charge >= 0.3 is 0 Å². The van der Waals surface area contributed by atoms with Gasteiger partial charge in [-0.1, -0.05) is 25.1 Å². The molecule has 1 aliphatic rings. The summed E-state index contributed by atoms with van der Waals surface area (Å²) in [4.78, 5) is 4.31. The highest BCUT2D eigenvalue weighted by atomic mass is 127. The Labute approximate surface area is 183 Å². The molecule has 0 bridgehead atoms. The SMILES string of the molecule is CN=C(NCc1c(C)noc1C)NCC(C)(C)c1ccc2c(c1)OCCO2.I. The van der Waals surface area contributed by atoms with Gasteiger partial charge in [0.05, 0.1) is 5.69 Å². The van der Waals surface area contributed by atoms with E-state index in [4.69, 9.17) is 14.0 Å². The van der Waals surface area contributed by atoms with Gasteiger partial charge in [-0.2, -0.15) is 0 Å². The minimum absolute atomic E-state index is 0. The van der Waals surface area contributed by atoms with Crippen LogP contribution >= 0.6 is 24.0 Å². The zero-order chi connectivity index (χ0) is 19.4. The van der Waals surface area contributed by atoms with Crippen LogP contribution in [0.1, 0.15) is 36.4 Å². The lowest BCUT2D eigenvalue weighted by atomic mass is 9.84. The van der Waals surface area contributed by atoms with Crippen LogP contribution in [0.25, 0.3) is 0 Å². The van der Waals surface area contributed by atoms with Gasteiger partial charge < -0.3 is 24.6 Å². The third kappa shape index (κ3) is 5.09. The molecule has 1 aliphatic heterocycles. The fourth-order valence-corrected chi connectivity index (χ4v) is 3.02. The van der Waals surface area contributed by atoms with Gasteiger partial charge in [-0.05, 0) is 31.5 Å². The van der Waals surface area contributed by atoms with Crippen molar-refractivity contribution < 1.29 is 14.0 Å². The lowest BCUT2D eigenvalue weighted by Crippen LogP contribution is -2.43. The third-order valence-corrected chi connectivity index (χ3v) is 4.86. The van der Waals surface area contributed by atoms with Gasteiger partial charge in [-0.15, -0.1) is 24.0 Å². The van der Waals surface area contributed by atoms with E-state index in [-0.39, 0.29) is 29.4 Å². The maximum Gasteiger partial charge on any atom is 0.191 e. The molecule has 0 radical (unpaired) electrons. The standard InChI is InChI=1S/C20H28N4O3.HI/c1-13-16(14(2)27-24-13)11-22-19(21-5)23-12-20(3,4)15-6-7-17-18(10-15)26-9-8-25-17;/h6-7,10H,8-9,11-12H2,1-5H3,(H2,21,22,23);1H. The van der Waals surface area contributed by atoms with E-state index in [1.54, 1.807) is 7.05 Å². The highest BCUT2D eigenvalue weighted by molar-refractivity contribution is 14.0. The number of aliphatic imine (C=N–C) groups is 1. The summed E-state index contributed by atoms with van der Waals surface area (Å²) in [6, 6.07) is 6.14. The van der Waals surface area contributed by atoms with Crippen LogP contribution in [0, 0.1) is 13.8 Å². The van der Waals surface area contributed by atoms with E-state index in [1.165, 1.54) is 5.56 Å². The van der Waals surface area contributed by atoms with Gasteiger partial charge in [0.15, 0.2) is 17.5 Å². The van der Waals surface area contributed by atoms with Crippen molar-refractivity contribution >= 4 is 29.9 Å². The second-order valence-corrected chi connectivity index (χ2v) is 7.32. The second-order valence-electron chi connectivity index (χ2n) is 7.32. The average Bonchev–Trinajstić information content (AvgIpc) is 2.99. The molecule has 0 atom stereocenters. The van der Waals surface area contributed by atoms with Crippen LogP contribution in [-0.2, 0) is 12.0 Å². The molecule has 0 saturated heterocycles. The zero-order valence-corrected chi connectivity index (χ0v) is 19.4. The quantitative estimate of drug-likeness (QED) is 0.373. The Bertz CT molecular complexity index is 813. The summed E-state index contributed by atoms with van der Waals surface area (Å²) in [6.45, 7) is 10.8. The molecule has 0 aliphatic carbocycles. The molecule has 3 rings (SSSR count). The first-order chi connectivity index (χ1) is 12.9. The molecule has 2 heterocycles. The lowest BCUT2D eigenvalue weighted by molar-refractivity contribution is 0.171. The van der Waals surface area contributed by atoms with E-state index in [9.17, 15) is 0 Å². The molecular weight excluding hydrogens is 471 g/mol. The van der Waals surface area contributed by atoms with Crippen LogP contribution < -0.4 is 20.1 Å². The molecule has 1 aromatic heterocycles. The van der Waals surface area contributed by atoms with Crippen LogP contribution in [0.15, 0.2) is 27.7 Å². The highest BCUT2D eigenvalue weighted by Gasteiger charge is 2.24. The largest absolute Gasteiger partial charge is 0.486 e. The Kier molecular flexibility index (Phi) is 7.56. The first-order valence-electron chi connectivity index (χ1n) is 9.17. The number of nitrogens with one attached hydrogen (secondary N) is 2. The van der Waals surface area contributed by atoms with Gasteiger partial charge in [0, 0.05) is 31.1 Å². The van der Waals surface area contributed by atoms with Gasteiger partial charge in [-0.25, -0.2) is 0 Å². The molecule has 8 heteroatoms. The van der Waals surface area contributed by atoms with E-state index in [0.29, 0.717) is 26.3 Å². The van der Waals surface area contributed by atoms with Gasteiger partial charge in [0.2, 0.25) is 0 Å². The molecule has 0 fully saturated rings. The number of hydrogen-bond acceptors (Lipinski definition) is 5. The van der Waals surface area contributed by atoms with E-state index in [1.807, 2.05) is 19.9 Å². The summed E-state index contributed by atoms with van der Waals surface area (Å²) in [7, 11) is 1.76. The summed E-state index contributed by atoms with van der Waals surface area (Å²) in [5.41, 5.74) is 3.02. The third-order valence-electron chi connectivity index (χ3n) is 4.86. The Hall–Kier alpha value is -1.97. The van der Waals surface area contributed by atoms with E-state index in [2.05, 4.69) is 46.8 Å². The van der Waals surface area contributed by atoms with Crippen molar-refractivity contribution in [1.82, 2.24) is 15.8 Å². The Morgan fingerprint density at radius 2 is 1.86 bits per heavy atom. The average molecular weight is 500 g/mol. The number of aryl methyl sites for hydroxylation is 2. The molecule has 154 valence electrons. The van der Waals surface area contributed by atoms with Crippen molar-refractivity contribution in [3.05, 3.63) is 40.8 Å². The van der Waals surface area contributed by atoms with Crippen LogP contribution in [0.2, 0.25) is 0 Å². The number of nitrogens with zero attached hydrogens (tertiary/aromatic N) is 2. The van der Waals surface area contributed by atoms with Crippen molar-refractivity contribution in [3.63, 3.8) is 0 Å². The van der Waals surface area contributed by atoms with E-state index < -0.39 is 0 Å². The lowest BCUT2D eigenvalue weighted by Gasteiger charge is -2.28. The number of guanidine groups is 1. The smallest absolute Gasteiger partial charge is 0.191 e. The van der Waals surface area contributed by atoms with Crippen molar-refractivity contribution in [2.75, 3.05) is 26.8 Å². The molecule has 0 spiro atoms. The number of rotatable bonds is 5. The number of ether oxygens (including phenoxy) is 2. The highest BCUT2D eigenvalue weighted by Crippen LogP contribution is 2.34. The normalized spacial score (nSPS) is 13.7. The van der Waals surface area contributed by atoms with E-state index in [0.717, 1.165) is 34.5 Å². The maximum absolute atomic E-state index is 5.71. The Balaban J connectivity index is 0.00000280.